The molecule has 0 radical (unpaired) electrons. The molecule has 0 fully saturated rings. The quantitative estimate of drug-likeness (QED) is 0.515. The zero-order valence-electron chi connectivity index (χ0n) is 14.5. The van der Waals surface area contributed by atoms with Gasteiger partial charge in [-0.15, -0.1) is 0 Å². The number of fused-ring (bicyclic) bond motifs is 2. The number of carbonyl (C=O) groups is 1. The molecule has 6 heteroatoms. The van der Waals surface area contributed by atoms with Crippen molar-refractivity contribution in [2.75, 3.05) is 0 Å². The van der Waals surface area contributed by atoms with E-state index in [-0.39, 0.29) is 17.9 Å². The average Bonchev–Trinajstić information content (AvgIpc) is 3.07. The van der Waals surface area contributed by atoms with E-state index < -0.39 is 0 Å². The first-order chi connectivity index (χ1) is 13.2. The number of ketones is 1. The number of nitrogens with zero attached hydrogens (tertiary/aromatic N) is 4. The largest absolute Gasteiger partial charge is 0.346 e. The summed E-state index contributed by atoms with van der Waals surface area (Å²) < 4.78 is 3.25. The first-order valence-corrected chi connectivity index (χ1v) is 8.61. The van der Waals surface area contributed by atoms with Gasteiger partial charge in [-0.1, -0.05) is 30.3 Å². The third-order valence-electron chi connectivity index (χ3n) is 4.60. The first kappa shape index (κ1) is 16.7. The Morgan fingerprint density at radius 3 is 2.59 bits per heavy atom. The van der Waals surface area contributed by atoms with Gasteiger partial charge in [0.1, 0.15) is 0 Å². The predicted molar refractivity (Wildman–Crippen MR) is 103 cm³/mol. The van der Waals surface area contributed by atoms with Crippen molar-refractivity contribution in [3.8, 4) is 6.07 Å². The van der Waals surface area contributed by atoms with Crippen LogP contribution in [0.5, 0.6) is 0 Å². The lowest BCUT2D eigenvalue weighted by Gasteiger charge is -2.05. The minimum absolute atomic E-state index is 0.0804. The molecule has 2 heterocycles. The maximum Gasteiger partial charge on any atom is 0.261 e. The normalized spacial score (nSPS) is 10.9. The highest BCUT2D eigenvalue weighted by molar-refractivity contribution is 6.08. The predicted octanol–water partition coefficient (Wildman–Crippen LogP) is 3.15. The molecule has 2 aromatic carbocycles. The van der Waals surface area contributed by atoms with Gasteiger partial charge in [-0.3, -0.25) is 14.2 Å². The Balaban J connectivity index is 1.73. The average molecular weight is 356 g/mol. The molecule has 4 aromatic rings. The van der Waals surface area contributed by atoms with Gasteiger partial charge in [0, 0.05) is 29.2 Å². The summed E-state index contributed by atoms with van der Waals surface area (Å²) in [5.41, 5.74) is 1.82. The number of hydrogen-bond donors (Lipinski definition) is 0. The van der Waals surface area contributed by atoms with E-state index in [9.17, 15) is 9.59 Å². The monoisotopic (exact) mass is 356 g/mol. The van der Waals surface area contributed by atoms with E-state index in [2.05, 4.69) is 11.1 Å². The van der Waals surface area contributed by atoms with Gasteiger partial charge in [0.15, 0.2) is 5.78 Å². The number of carbonyl (C=O) groups excluding carboxylic acids is 1. The summed E-state index contributed by atoms with van der Waals surface area (Å²) >= 11 is 0. The van der Waals surface area contributed by atoms with Gasteiger partial charge in [0.2, 0.25) is 0 Å². The Labute approximate surface area is 154 Å². The van der Waals surface area contributed by atoms with Gasteiger partial charge >= 0.3 is 0 Å². The maximum atomic E-state index is 12.9. The van der Waals surface area contributed by atoms with Crippen molar-refractivity contribution in [3.05, 3.63) is 77.0 Å². The van der Waals surface area contributed by atoms with Crippen molar-refractivity contribution in [2.45, 2.75) is 19.5 Å². The zero-order chi connectivity index (χ0) is 18.8. The van der Waals surface area contributed by atoms with E-state index in [4.69, 9.17) is 5.26 Å². The topological polar surface area (TPSA) is 80.7 Å². The van der Waals surface area contributed by atoms with Crippen LogP contribution in [0, 0.1) is 11.3 Å². The molecular weight excluding hydrogens is 340 g/mol. The number of hydrogen-bond acceptors (Lipinski definition) is 4. The third kappa shape index (κ3) is 3.00. The minimum atomic E-state index is -0.234. The van der Waals surface area contributed by atoms with E-state index in [1.165, 1.54) is 10.9 Å². The van der Waals surface area contributed by atoms with Gasteiger partial charge in [-0.2, -0.15) is 5.26 Å². The number of aryl methyl sites for hydroxylation is 1. The molecule has 6 nitrogen and oxygen atoms in total. The Bertz CT molecular complexity index is 1260. The van der Waals surface area contributed by atoms with Gasteiger partial charge in [0.05, 0.1) is 36.3 Å². The van der Waals surface area contributed by atoms with Crippen LogP contribution in [0.15, 0.2) is 65.8 Å². The fraction of sp³-hybridized carbons (Fsp3) is 0.143. The molecule has 0 aliphatic heterocycles. The maximum absolute atomic E-state index is 12.9. The van der Waals surface area contributed by atoms with Crippen LogP contribution in [0.4, 0.5) is 0 Å². The number of Topliss-reactive ketones (excluding diaryl/α,β-unsaturated/α-hetero) is 1. The smallest absolute Gasteiger partial charge is 0.261 e. The summed E-state index contributed by atoms with van der Waals surface area (Å²) in [6.45, 7) is 0.435. The Morgan fingerprint density at radius 2 is 1.78 bits per heavy atom. The highest BCUT2D eigenvalue weighted by Crippen LogP contribution is 2.22. The molecule has 4 rings (SSSR count). The molecule has 0 saturated carbocycles. The molecule has 132 valence electrons. The molecule has 0 unspecified atom stereocenters. The van der Waals surface area contributed by atoms with Crippen LogP contribution in [-0.2, 0) is 13.1 Å². The van der Waals surface area contributed by atoms with Gasteiger partial charge < -0.3 is 4.57 Å². The van der Waals surface area contributed by atoms with Crippen molar-refractivity contribution >= 4 is 27.6 Å². The van der Waals surface area contributed by atoms with Crippen molar-refractivity contribution < 1.29 is 4.79 Å². The fourth-order valence-electron chi connectivity index (χ4n) is 3.28. The molecule has 0 bridgehead atoms. The number of rotatable bonds is 5. The van der Waals surface area contributed by atoms with Crippen molar-refractivity contribution in [1.82, 2.24) is 14.1 Å². The second kappa shape index (κ2) is 6.89. The van der Waals surface area contributed by atoms with E-state index in [1.807, 2.05) is 34.9 Å². The summed E-state index contributed by atoms with van der Waals surface area (Å²) in [6, 6.07) is 16.8. The molecule has 2 aromatic heterocycles. The lowest BCUT2D eigenvalue weighted by atomic mass is 10.1. The SMILES string of the molecule is N#CCCn1cc(C(=O)Cn2cnc3ccccc3c2=O)c2ccccc21. The van der Waals surface area contributed by atoms with Crippen LogP contribution in [0.2, 0.25) is 0 Å². The van der Waals surface area contributed by atoms with Crippen LogP contribution < -0.4 is 5.56 Å². The Morgan fingerprint density at radius 1 is 1.04 bits per heavy atom. The molecule has 0 saturated heterocycles. The zero-order valence-corrected chi connectivity index (χ0v) is 14.5. The summed E-state index contributed by atoms with van der Waals surface area (Å²) in [6.07, 6.45) is 3.54. The standard InChI is InChI=1S/C21H16N4O2/c22-10-5-11-24-12-17(15-6-2-4-9-19(15)24)20(26)13-25-14-23-18-8-3-1-7-16(18)21(25)27/h1-4,6-9,12,14H,5,11,13H2. The highest BCUT2D eigenvalue weighted by atomic mass is 16.1. The number of benzene rings is 2. The van der Waals surface area contributed by atoms with Crippen molar-refractivity contribution in [3.63, 3.8) is 0 Å². The molecule has 0 aliphatic carbocycles. The lowest BCUT2D eigenvalue weighted by molar-refractivity contribution is 0.0972. The van der Waals surface area contributed by atoms with Crippen LogP contribution in [0.1, 0.15) is 16.8 Å². The van der Waals surface area contributed by atoms with E-state index in [0.29, 0.717) is 29.4 Å². The minimum Gasteiger partial charge on any atom is -0.346 e. The number of aromatic nitrogens is 3. The molecule has 0 atom stereocenters. The van der Waals surface area contributed by atoms with E-state index in [0.717, 1.165) is 10.9 Å². The molecular formula is C21H16N4O2. The Hall–Kier alpha value is -3.72. The summed E-state index contributed by atoms with van der Waals surface area (Å²) in [5.74, 6) is -0.166. The van der Waals surface area contributed by atoms with Crippen LogP contribution in [0.3, 0.4) is 0 Å². The number of nitriles is 1. The second-order valence-corrected chi connectivity index (χ2v) is 6.28. The Kier molecular flexibility index (Phi) is 4.27. The van der Waals surface area contributed by atoms with E-state index in [1.54, 1.807) is 24.4 Å². The van der Waals surface area contributed by atoms with Crippen LogP contribution in [0.25, 0.3) is 21.8 Å². The van der Waals surface area contributed by atoms with Gasteiger partial charge in [-0.05, 0) is 18.2 Å². The van der Waals surface area contributed by atoms with Crippen molar-refractivity contribution in [2.24, 2.45) is 0 Å². The highest BCUT2D eigenvalue weighted by Gasteiger charge is 2.16. The second-order valence-electron chi connectivity index (χ2n) is 6.28. The summed E-state index contributed by atoms with van der Waals surface area (Å²) in [7, 11) is 0. The molecule has 0 N–H and O–H groups in total. The molecule has 0 aliphatic rings. The van der Waals surface area contributed by atoms with Crippen LogP contribution >= 0.6 is 0 Å². The molecule has 0 spiro atoms. The first-order valence-electron chi connectivity index (χ1n) is 8.61. The fourth-order valence-corrected chi connectivity index (χ4v) is 3.28. The van der Waals surface area contributed by atoms with Gasteiger partial charge in [-0.25, -0.2) is 4.98 Å². The number of para-hydroxylation sites is 2. The summed E-state index contributed by atoms with van der Waals surface area (Å²) in [4.78, 5) is 29.8. The van der Waals surface area contributed by atoms with E-state index >= 15 is 0 Å². The molecule has 0 amide bonds. The van der Waals surface area contributed by atoms with Crippen LogP contribution in [-0.4, -0.2) is 19.9 Å². The summed E-state index contributed by atoms with van der Waals surface area (Å²) in [5, 5.41) is 10.2. The third-order valence-corrected chi connectivity index (χ3v) is 4.60. The van der Waals surface area contributed by atoms with Gasteiger partial charge in [0.25, 0.3) is 5.56 Å². The molecule has 27 heavy (non-hydrogen) atoms. The van der Waals surface area contributed by atoms with Crippen molar-refractivity contribution in [1.29, 1.82) is 5.26 Å². The lowest BCUT2D eigenvalue weighted by Crippen LogP contribution is -2.24.